The number of likely N-dealkylation sites (tertiary alicyclic amines) is 1. The van der Waals surface area contributed by atoms with Crippen LogP contribution in [0.25, 0.3) is 11.1 Å². The van der Waals surface area contributed by atoms with Crippen molar-refractivity contribution in [2.24, 2.45) is 0 Å². The van der Waals surface area contributed by atoms with Gasteiger partial charge in [0.1, 0.15) is 6.04 Å². The Morgan fingerprint density at radius 2 is 1.72 bits per heavy atom. The molecule has 3 rings (SSSR count). The van der Waals surface area contributed by atoms with Gasteiger partial charge in [-0.15, -0.1) is 0 Å². The molecule has 0 radical (unpaired) electrons. The Morgan fingerprint density at radius 1 is 1.10 bits per heavy atom. The SMILES string of the molecule is CC(C(=O)O)N1CCC(OCc2ccccc2-c2ccc(C(C)(C)C)cc2)CC1. The van der Waals surface area contributed by atoms with Crippen molar-refractivity contribution in [2.45, 2.75) is 64.7 Å². The van der Waals surface area contributed by atoms with E-state index < -0.39 is 12.0 Å². The van der Waals surface area contributed by atoms with Crippen molar-refractivity contribution in [1.82, 2.24) is 4.90 Å². The molecule has 1 unspecified atom stereocenters. The van der Waals surface area contributed by atoms with E-state index in [9.17, 15) is 9.90 Å². The van der Waals surface area contributed by atoms with E-state index in [-0.39, 0.29) is 11.5 Å². The maximum atomic E-state index is 11.2. The van der Waals surface area contributed by atoms with E-state index in [4.69, 9.17) is 4.74 Å². The average Bonchev–Trinajstić information content (AvgIpc) is 2.72. The van der Waals surface area contributed by atoms with Crippen LogP contribution in [0.4, 0.5) is 0 Å². The Hall–Kier alpha value is -2.17. The monoisotopic (exact) mass is 395 g/mol. The zero-order chi connectivity index (χ0) is 21.0. The summed E-state index contributed by atoms with van der Waals surface area (Å²) >= 11 is 0. The van der Waals surface area contributed by atoms with Crippen LogP contribution in [0.2, 0.25) is 0 Å². The molecule has 1 heterocycles. The third kappa shape index (κ3) is 5.46. The normalized spacial score (nSPS) is 17.2. The van der Waals surface area contributed by atoms with E-state index in [1.807, 2.05) is 4.90 Å². The first kappa shape index (κ1) is 21.5. The number of carbonyl (C=O) groups is 1. The molecule has 4 nitrogen and oxygen atoms in total. The van der Waals surface area contributed by atoms with Crippen molar-refractivity contribution in [1.29, 1.82) is 0 Å². The van der Waals surface area contributed by atoms with Gasteiger partial charge in [0, 0.05) is 13.1 Å². The lowest BCUT2D eigenvalue weighted by Crippen LogP contribution is -2.45. The van der Waals surface area contributed by atoms with Gasteiger partial charge in [0.15, 0.2) is 0 Å². The Kier molecular flexibility index (Phi) is 6.76. The average molecular weight is 396 g/mol. The highest BCUT2D eigenvalue weighted by Crippen LogP contribution is 2.29. The van der Waals surface area contributed by atoms with Crippen LogP contribution in [0.1, 0.15) is 51.7 Å². The van der Waals surface area contributed by atoms with Crippen molar-refractivity contribution in [3.05, 3.63) is 59.7 Å². The number of hydrogen-bond acceptors (Lipinski definition) is 3. The van der Waals surface area contributed by atoms with Crippen LogP contribution >= 0.6 is 0 Å². The highest BCUT2D eigenvalue weighted by atomic mass is 16.5. The molecule has 0 aromatic heterocycles. The highest BCUT2D eigenvalue weighted by Gasteiger charge is 2.26. The molecule has 1 saturated heterocycles. The molecule has 0 aliphatic carbocycles. The van der Waals surface area contributed by atoms with Crippen LogP contribution in [0.3, 0.4) is 0 Å². The van der Waals surface area contributed by atoms with Gasteiger partial charge in [-0.2, -0.15) is 0 Å². The van der Waals surface area contributed by atoms with E-state index in [2.05, 4.69) is 69.3 Å². The number of carboxylic acids is 1. The molecule has 1 atom stereocenters. The van der Waals surface area contributed by atoms with Crippen molar-refractivity contribution in [3.8, 4) is 11.1 Å². The predicted molar refractivity (Wildman–Crippen MR) is 117 cm³/mol. The smallest absolute Gasteiger partial charge is 0.320 e. The zero-order valence-electron chi connectivity index (χ0n) is 18.0. The van der Waals surface area contributed by atoms with Crippen LogP contribution in [-0.4, -0.2) is 41.2 Å². The molecular weight excluding hydrogens is 362 g/mol. The number of aliphatic carboxylic acids is 1. The number of hydrogen-bond donors (Lipinski definition) is 1. The van der Waals surface area contributed by atoms with Gasteiger partial charge in [0.25, 0.3) is 0 Å². The van der Waals surface area contributed by atoms with Gasteiger partial charge in [-0.1, -0.05) is 69.3 Å². The van der Waals surface area contributed by atoms with Crippen LogP contribution in [0.15, 0.2) is 48.5 Å². The molecule has 1 aliphatic rings. The Bertz CT molecular complexity index is 815. The van der Waals surface area contributed by atoms with Crippen LogP contribution in [0.5, 0.6) is 0 Å². The van der Waals surface area contributed by atoms with Gasteiger partial charge in [0.05, 0.1) is 12.7 Å². The third-order valence-electron chi connectivity index (χ3n) is 5.94. The second-order valence-corrected chi connectivity index (χ2v) is 9.05. The van der Waals surface area contributed by atoms with Gasteiger partial charge < -0.3 is 9.84 Å². The fraction of sp³-hybridized carbons (Fsp3) is 0.480. The molecule has 4 heteroatoms. The Morgan fingerprint density at radius 3 is 2.31 bits per heavy atom. The van der Waals surface area contributed by atoms with Gasteiger partial charge >= 0.3 is 5.97 Å². The molecule has 2 aromatic carbocycles. The Labute approximate surface area is 174 Å². The summed E-state index contributed by atoms with van der Waals surface area (Å²) in [6.45, 7) is 10.6. The number of piperidine rings is 1. The zero-order valence-corrected chi connectivity index (χ0v) is 18.0. The minimum atomic E-state index is -0.754. The minimum absolute atomic E-state index is 0.147. The minimum Gasteiger partial charge on any atom is -0.480 e. The fourth-order valence-electron chi connectivity index (χ4n) is 3.87. The van der Waals surface area contributed by atoms with Gasteiger partial charge in [0.2, 0.25) is 0 Å². The highest BCUT2D eigenvalue weighted by molar-refractivity contribution is 5.72. The van der Waals surface area contributed by atoms with Crippen LogP contribution in [0, 0.1) is 0 Å². The van der Waals surface area contributed by atoms with E-state index in [1.165, 1.54) is 22.3 Å². The molecule has 1 fully saturated rings. The second-order valence-electron chi connectivity index (χ2n) is 9.05. The van der Waals surface area contributed by atoms with Crippen molar-refractivity contribution >= 4 is 5.97 Å². The topological polar surface area (TPSA) is 49.8 Å². The summed E-state index contributed by atoms with van der Waals surface area (Å²) in [7, 11) is 0. The molecule has 2 aromatic rings. The molecule has 156 valence electrons. The van der Waals surface area contributed by atoms with E-state index in [0.29, 0.717) is 6.61 Å². The quantitative estimate of drug-likeness (QED) is 0.739. The molecule has 0 bridgehead atoms. The molecular formula is C25H33NO3. The number of carboxylic acid groups (broad SMARTS) is 1. The number of rotatable bonds is 6. The summed E-state index contributed by atoms with van der Waals surface area (Å²) in [5, 5.41) is 9.18. The summed E-state index contributed by atoms with van der Waals surface area (Å²) in [5.41, 5.74) is 5.09. The lowest BCUT2D eigenvalue weighted by molar-refractivity contribution is -0.143. The van der Waals surface area contributed by atoms with Crippen LogP contribution < -0.4 is 0 Å². The lowest BCUT2D eigenvalue weighted by Gasteiger charge is -2.34. The van der Waals surface area contributed by atoms with Gasteiger partial charge in [-0.25, -0.2) is 0 Å². The molecule has 29 heavy (non-hydrogen) atoms. The van der Waals surface area contributed by atoms with Gasteiger partial charge in [-0.3, -0.25) is 9.69 Å². The van der Waals surface area contributed by atoms with Crippen molar-refractivity contribution in [3.63, 3.8) is 0 Å². The summed E-state index contributed by atoms with van der Waals surface area (Å²) in [6.07, 6.45) is 1.93. The fourth-order valence-corrected chi connectivity index (χ4v) is 3.87. The molecule has 0 amide bonds. The maximum absolute atomic E-state index is 11.2. The standard InChI is InChI=1S/C25H33NO3/c1-18(24(27)28)26-15-13-22(14-16-26)29-17-20-7-5-6-8-23(20)19-9-11-21(12-10-19)25(2,3)4/h5-12,18,22H,13-17H2,1-4H3,(H,27,28). The number of ether oxygens (including phenoxy) is 1. The molecule has 0 saturated carbocycles. The Balaban J connectivity index is 1.63. The lowest BCUT2D eigenvalue weighted by atomic mass is 9.86. The summed E-state index contributed by atoms with van der Waals surface area (Å²) in [4.78, 5) is 13.2. The third-order valence-corrected chi connectivity index (χ3v) is 5.94. The molecule has 0 spiro atoms. The largest absolute Gasteiger partial charge is 0.480 e. The van der Waals surface area contributed by atoms with Crippen molar-refractivity contribution in [2.75, 3.05) is 13.1 Å². The first-order valence-electron chi connectivity index (χ1n) is 10.5. The molecule has 1 N–H and O–H groups in total. The number of benzene rings is 2. The van der Waals surface area contributed by atoms with E-state index >= 15 is 0 Å². The van der Waals surface area contributed by atoms with Gasteiger partial charge in [-0.05, 0) is 47.4 Å². The first-order chi connectivity index (χ1) is 13.8. The first-order valence-corrected chi connectivity index (χ1v) is 10.5. The number of nitrogens with zero attached hydrogens (tertiary/aromatic N) is 1. The van der Waals surface area contributed by atoms with E-state index in [0.717, 1.165) is 25.9 Å². The van der Waals surface area contributed by atoms with Crippen molar-refractivity contribution < 1.29 is 14.6 Å². The predicted octanol–water partition coefficient (Wildman–Crippen LogP) is 5.11. The van der Waals surface area contributed by atoms with Crippen LogP contribution in [-0.2, 0) is 21.6 Å². The second kappa shape index (κ2) is 9.10. The maximum Gasteiger partial charge on any atom is 0.320 e. The summed E-state index contributed by atoms with van der Waals surface area (Å²) in [5.74, 6) is -0.754. The van der Waals surface area contributed by atoms with E-state index in [1.54, 1.807) is 6.92 Å². The molecule has 1 aliphatic heterocycles. The summed E-state index contributed by atoms with van der Waals surface area (Å²) in [6, 6.07) is 16.8. The summed E-state index contributed by atoms with van der Waals surface area (Å²) < 4.78 is 6.22.